The first kappa shape index (κ1) is 19.2. The number of hydrogen-bond acceptors (Lipinski definition) is 5. The number of benzene rings is 1. The lowest BCUT2D eigenvalue weighted by Crippen LogP contribution is -2.29. The predicted octanol–water partition coefficient (Wildman–Crippen LogP) is 3.83. The van der Waals surface area contributed by atoms with Gasteiger partial charge in [-0.15, -0.1) is 0 Å². The van der Waals surface area contributed by atoms with Crippen LogP contribution >= 0.6 is 0 Å². The molecule has 0 unspecified atom stereocenters. The maximum atomic E-state index is 13.6. The highest BCUT2D eigenvalue weighted by molar-refractivity contribution is 6.04. The van der Waals surface area contributed by atoms with E-state index in [2.05, 4.69) is 18.4 Å². The van der Waals surface area contributed by atoms with Crippen LogP contribution in [-0.2, 0) is 17.8 Å². The zero-order chi connectivity index (χ0) is 20.8. The fraction of sp³-hybridized carbons (Fsp3) is 0.478. The Labute approximate surface area is 174 Å². The standard InChI is InChI=1S/C23H27N5O2/c1-14(2)10-11-27-21-19(20-22(27)26-18-9-5-4-8-17(18)25-20)23(29)28(15(3)24-21)13-16-7-6-12-30-16/h4-5,8-9,14,16H,6-7,10-13H2,1-3H3/t16-/m1/s1. The van der Waals surface area contributed by atoms with E-state index in [0.717, 1.165) is 49.1 Å². The van der Waals surface area contributed by atoms with Crippen LogP contribution in [0.2, 0.25) is 0 Å². The van der Waals surface area contributed by atoms with E-state index in [1.54, 1.807) is 4.57 Å². The monoisotopic (exact) mass is 405 g/mol. The molecule has 1 fully saturated rings. The van der Waals surface area contributed by atoms with Gasteiger partial charge in [-0.1, -0.05) is 26.0 Å². The second kappa shape index (κ2) is 7.47. The summed E-state index contributed by atoms with van der Waals surface area (Å²) in [7, 11) is 0. The van der Waals surface area contributed by atoms with Crippen LogP contribution in [0.4, 0.5) is 0 Å². The molecule has 0 N–H and O–H groups in total. The second-order valence-corrected chi connectivity index (χ2v) is 8.63. The highest BCUT2D eigenvalue weighted by Crippen LogP contribution is 2.26. The molecule has 1 saturated heterocycles. The van der Waals surface area contributed by atoms with Gasteiger partial charge in [-0.05, 0) is 44.2 Å². The van der Waals surface area contributed by atoms with Gasteiger partial charge in [0.15, 0.2) is 11.3 Å². The van der Waals surface area contributed by atoms with Crippen LogP contribution in [-0.4, -0.2) is 36.8 Å². The highest BCUT2D eigenvalue weighted by atomic mass is 16.5. The van der Waals surface area contributed by atoms with E-state index >= 15 is 0 Å². The van der Waals surface area contributed by atoms with Gasteiger partial charge in [0.1, 0.15) is 16.7 Å². The summed E-state index contributed by atoms with van der Waals surface area (Å²) >= 11 is 0. The third kappa shape index (κ3) is 3.17. The topological polar surface area (TPSA) is 74.8 Å². The Morgan fingerprint density at radius 3 is 2.57 bits per heavy atom. The molecule has 1 aliphatic heterocycles. The van der Waals surface area contributed by atoms with E-state index < -0.39 is 0 Å². The van der Waals surface area contributed by atoms with Crippen molar-refractivity contribution < 1.29 is 4.74 Å². The van der Waals surface area contributed by atoms with Crippen molar-refractivity contribution in [2.24, 2.45) is 5.92 Å². The lowest BCUT2D eigenvalue weighted by molar-refractivity contribution is 0.0955. The first-order valence-corrected chi connectivity index (χ1v) is 10.8. The number of rotatable bonds is 5. The van der Waals surface area contributed by atoms with Crippen molar-refractivity contribution in [2.75, 3.05) is 6.61 Å². The Morgan fingerprint density at radius 1 is 1.10 bits per heavy atom. The molecule has 0 spiro atoms. The smallest absolute Gasteiger partial charge is 0.265 e. The minimum absolute atomic E-state index is 0.0501. The summed E-state index contributed by atoms with van der Waals surface area (Å²) in [5.74, 6) is 1.24. The van der Waals surface area contributed by atoms with Crippen LogP contribution in [0, 0.1) is 12.8 Å². The SMILES string of the molecule is Cc1nc2c(c(=O)n1C[C@H]1CCCO1)c1nc3ccccc3nc1n2CCC(C)C. The Balaban J connectivity index is 1.79. The van der Waals surface area contributed by atoms with Crippen LogP contribution < -0.4 is 5.56 Å². The number of para-hydroxylation sites is 2. The molecule has 156 valence electrons. The van der Waals surface area contributed by atoms with Crippen molar-refractivity contribution in [3.05, 3.63) is 40.4 Å². The van der Waals surface area contributed by atoms with Crippen molar-refractivity contribution in [1.29, 1.82) is 0 Å². The number of ether oxygens (including phenoxy) is 1. The Morgan fingerprint density at radius 2 is 1.87 bits per heavy atom. The Kier molecular flexibility index (Phi) is 4.77. The van der Waals surface area contributed by atoms with Crippen molar-refractivity contribution in [3.8, 4) is 0 Å². The molecular formula is C23H27N5O2. The van der Waals surface area contributed by atoms with Gasteiger partial charge in [0, 0.05) is 13.2 Å². The number of aryl methyl sites for hydroxylation is 2. The predicted molar refractivity (Wildman–Crippen MR) is 118 cm³/mol. The molecule has 0 amide bonds. The Hall–Kier alpha value is -2.80. The second-order valence-electron chi connectivity index (χ2n) is 8.63. The van der Waals surface area contributed by atoms with Crippen LogP contribution in [0.1, 0.15) is 38.9 Å². The van der Waals surface area contributed by atoms with E-state index in [1.807, 2.05) is 31.2 Å². The van der Waals surface area contributed by atoms with Gasteiger partial charge in [0.05, 0.1) is 23.7 Å². The van der Waals surface area contributed by atoms with E-state index in [0.29, 0.717) is 34.8 Å². The highest BCUT2D eigenvalue weighted by Gasteiger charge is 2.23. The maximum Gasteiger partial charge on any atom is 0.265 e. The molecule has 4 aromatic rings. The molecule has 1 aromatic carbocycles. The van der Waals surface area contributed by atoms with Crippen molar-refractivity contribution in [3.63, 3.8) is 0 Å². The number of fused-ring (bicyclic) bond motifs is 4. The molecule has 3 aromatic heterocycles. The fourth-order valence-electron chi connectivity index (χ4n) is 4.30. The van der Waals surface area contributed by atoms with Crippen LogP contribution in [0.3, 0.4) is 0 Å². The number of hydrogen-bond donors (Lipinski definition) is 0. The molecule has 0 radical (unpaired) electrons. The van der Waals surface area contributed by atoms with Gasteiger partial charge >= 0.3 is 0 Å². The van der Waals surface area contributed by atoms with Crippen LogP contribution in [0.15, 0.2) is 29.1 Å². The molecule has 4 heterocycles. The minimum atomic E-state index is -0.0501. The molecule has 0 bridgehead atoms. The van der Waals surface area contributed by atoms with Crippen molar-refractivity contribution >= 4 is 33.2 Å². The normalized spacial score (nSPS) is 17.1. The van der Waals surface area contributed by atoms with Gasteiger partial charge in [0.25, 0.3) is 5.56 Å². The minimum Gasteiger partial charge on any atom is -0.376 e. The molecule has 0 aliphatic carbocycles. The first-order chi connectivity index (χ1) is 14.5. The molecular weight excluding hydrogens is 378 g/mol. The first-order valence-electron chi connectivity index (χ1n) is 10.8. The largest absolute Gasteiger partial charge is 0.376 e. The summed E-state index contributed by atoms with van der Waals surface area (Å²) in [5, 5.41) is 0.565. The van der Waals surface area contributed by atoms with E-state index in [1.165, 1.54) is 0 Å². The van der Waals surface area contributed by atoms with E-state index in [4.69, 9.17) is 19.7 Å². The average molecular weight is 406 g/mol. The summed E-state index contributed by atoms with van der Waals surface area (Å²) in [6.07, 6.45) is 3.07. The number of nitrogens with zero attached hydrogens (tertiary/aromatic N) is 5. The fourth-order valence-corrected chi connectivity index (χ4v) is 4.30. The summed E-state index contributed by atoms with van der Waals surface area (Å²) in [6, 6.07) is 7.80. The summed E-state index contributed by atoms with van der Waals surface area (Å²) < 4.78 is 9.60. The van der Waals surface area contributed by atoms with E-state index in [9.17, 15) is 4.79 Å². The average Bonchev–Trinajstić information content (AvgIpc) is 3.33. The Bertz CT molecular complexity index is 1300. The van der Waals surface area contributed by atoms with Crippen LogP contribution in [0.25, 0.3) is 33.2 Å². The van der Waals surface area contributed by atoms with Gasteiger partial charge in [-0.2, -0.15) is 0 Å². The van der Waals surface area contributed by atoms with Gasteiger partial charge < -0.3 is 9.30 Å². The molecule has 1 atom stereocenters. The van der Waals surface area contributed by atoms with Gasteiger partial charge in [0.2, 0.25) is 0 Å². The van der Waals surface area contributed by atoms with Crippen LogP contribution in [0.5, 0.6) is 0 Å². The lowest BCUT2D eigenvalue weighted by atomic mass is 10.1. The molecule has 1 aliphatic rings. The van der Waals surface area contributed by atoms with Gasteiger partial charge in [-0.3, -0.25) is 9.36 Å². The lowest BCUT2D eigenvalue weighted by Gasteiger charge is -2.14. The molecule has 5 rings (SSSR count). The van der Waals surface area contributed by atoms with Crippen molar-refractivity contribution in [1.82, 2.24) is 24.1 Å². The van der Waals surface area contributed by atoms with E-state index in [-0.39, 0.29) is 11.7 Å². The zero-order valence-electron chi connectivity index (χ0n) is 17.8. The summed E-state index contributed by atoms with van der Waals surface area (Å²) in [6.45, 7) is 8.35. The summed E-state index contributed by atoms with van der Waals surface area (Å²) in [4.78, 5) is 28.2. The number of aromatic nitrogens is 5. The van der Waals surface area contributed by atoms with Gasteiger partial charge in [-0.25, -0.2) is 15.0 Å². The molecule has 7 nitrogen and oxygen atoms in total. The molecule has 0 saturated carbocycles. The molecule has 7 heteroatoms. The van der Waals surface area contributed by atoms with Crippen molar-refractivity contribution in [2.45, 2.75) is 59.2 Å². The molecule has 30 heavy (non-hydrogen) atoms. The zero-order valence-corrected chi connectivity index (χ0v) is 17.8. The maximum absolute atomic E-state index is 13.6. The third-order valence-electron chi connectivity index (χ3n) is 5.98. The summed E-state index contributed by atoms with van der Waals surface area (Å²) in [5.41, 5.74) is 3.64. The quantitative estimate of drug-likeness (QED) is 0.504. The third-order valence-corrected chi connectivity index (χ3v) is 5.98.